The molecule has 3 aliphatic heterocycles. The number of carbonyl (C=O) groups is 2. The van der Waals surface area contributed by atoms with Gasteiger partial charge in [0.1, 0.15) is 0 Å². The molecule has 3 saturated heterocycles. The second-order valence-corrected chi connectivity index (χ2v) is 11.5. The minimum absolute atomic E-state index is 0.0661. The SMILES string of the molecule is CC(=O)N1CC(N(Cc2ccc(C(F)(F)F)cc2)C2CC3CC(C(C)C)N4C(=O)CC[C@H](C2)[C@H]34)C1. The Morgan fingerprint density at radius 3 is 2.31 bits per heavy atom. The van der Waals surface area contributed by atoms with Crippen LogP contribution in [-0.2, 0) is 22.3 Å². The highest BCUT2D eigenvalue weighted by Gasteiger charge is 2.54. The van der Waals surface area contributed by atoms with Gasteiger partial charge in [-0.2, -0.15) is 13.2 Å². The molecule has 1 aliphatic carbocycles. The lowest BCUT2D eigenvalue weighted by molar-refractivity contribution is -0.143. The zero-order valence-corrected chi connectivity index (χ0v) is 20.8. The summed E-state index contributed by atoms with van der Waals surface area (Å²) in [6.45, 7) is 7.92. The molecule has 2 amide bonds. The number of benzene rings is 1. The highest BCUT2D eigenvalue weighted by molar-refractivity contribution is 5.78. The van der Waals surface area contributed by atoms with Crippen LogP contribution < -0.4 is 0 Å². The topological polar surface area (TPSA) is 43.9 Å². The molecule has 5 atom stereocenters. The molecule has 35 heavy (non-hydrogen) atoms. The number of halogens is 3. The molecule has 3 heterocycles. The second kappa shape index (κ2) is 9.09. The maximum absolute atomic E-state index is 13.1. The van der Waals surface area contributed by atoms with Gasteiger partial charge in [-0.25, -0.2) is 0 Å². The summed E-state index contributed by atoms with van der Waals surface area (Å²) in [7, 11) is 0. The van der Waals surface area contributed by atoms with E-state index in [2.05, 4.69) is 23.6 Å². The van der Waals surface area contributed by atoms with Crippen molar-refractivity contribution in [3.63, 3.8) is 0 Å². The Kier molecular flexibility index (Phi) is 6.39. The van der Waals surface area contributed by atoms with Crippen LogP contribution in [0.25, 0.3) is 0 Å². The number of alkyl halides is 3. The Labute approximate surface area is 205 Å². The first-order valence-corrected chi connectivity index (χ1v) is 13.0. The zero-order valence-electron chi connectivity index (χ0n) is 20.8. The van der Waals surface area contributed by atoms with Crippen LogP contribution in [-0.4, -0.2) is 63.8 Å². The van der Waals surface area contributed by atoms with Crippen molar-refractivity contribution in [2.24, 2.45) is 17.8 Å². The van der Waals surface area contributed by atoms with E-state index in [1.54, 1.807) is 19.1 Å². The Balaban J connectivity index is 1.37. The van der Waals surface area contributed by atoms with Crippen molar-refractivity contribution >= 4 is 11.8 Å². The molecular weight excluding hydrogens is 455 g/mol. The van der Waals surface area contributed by atoms with Crippen molar-refractivity contribution in [2.45, 2.75) is 89.8 Å². The fraction of sp³-hybridized carbons (Fsp3) is 0.704. The van der Waals surface area contributed by atoms with E-state index in [4.69, 9.17) is 0 Å². The van der Waals surface area contributed by atoms with Crippen molar-refractivity contribution in [3.05, 3.63) is 35.4 Å². The number of amides is 2. The van der Waals surface area contributed by atoms with Crippen LogP contribution in [0.1, 0.15) is 64.0 Å². The van der Waals surface area contributed by atoms with Gasteiger partial charge in [-0.1, -0.05) is 26.0 Å². The highest BCUT2D eigenvalue weighted by atomic mass is 19.4. The summed E-state index contributed by atoms with van der Waals surface area (Å²) in [5.41, 5.74) is 0.241. The molecule has 0 bridgehead atoms. The van der Waals surface area contributed by atoms with Crippen LogP contribution in [0, 0.1) is 17.8 Å². The average Bonchev–Trinajstić information content (AvgIpc) is 3.15. The fourth-order valence-corrected chi connectivity index (χ4v) is 7.22. The van der Waals surface area contributed by atoms with Crippen LogP contribution in [0.2, 0.25) is 0 Å². The second-order valence-electron chi connectivity index (χ2n) is 11.5. The Hall–Kier alpha value is -2.09. The smallest absolute Gasteiger partial charge is 0.340 e. The lowest BCUT2D eigenvalue weighted by atomic mass is 9.70. The molecule has 4 fully saturated rings. The van der Waals surface area contributed by atoms with Crippen molar-refractivity contribution < 1.29 is 22.8 Å². The molecule has 0 radical (unpaired) electrons. The third-order valence-electron chi connectivity index (χ3n) is 9.02. The number of hydrogen-bond donors (Lipinski definition) is 0. The lowest BCUT2D eigenvalue weighted by Crippen LogP contribution is -2.64. The van der Waals surface area contributed by atoms with Crippen LogP contribution >= 0.6 is 0 Å². The van der Waals surface area contributed by atoms with E-state index >= 15 is 0 Å². The normalized spacial score (nSPS) is 31.2. The maximum atomic E-state index is 13.1. The summed E-state index contributed by atoms with van der Waals surface area (Å²) >= 11 is 0. The van der Waals surface area contributed by atoms with E-state index in [-0.39, 0.29) is 11.9 Å². The minimum atomic E-state index is -4.34. The van der Waals surface area contributed by atoms with Crippen LogP contribution in [0.15, 0.2) is 24.3 Å². The summed E-state index contributed by atoms with van der Waals surface area (Å²) in [5.74, 6) is 1.74. The Bertz CT molecular complexity index is 957. The van der Waals surface area contributed by atoms with Gasteiger partial charge in [0.2, 0.25) is 11.8 Å². The van der Waals surface area contributed by atoms with Gasteiger partial charge in [0, 0.05) is 57.1 Å². The third-order valence-corrected chi connectivity index (χ3v) is 9.02. The van der Waals surface area contributed by atoms with Gasteiger partial charge in [0.05, 0.1) is 5.56 Å². The monoisotopic (exact) mass is 491 g/mol. The molecule has 5 rings (SSSR count). The van der Waals surface area contributed by atoms with E-state index in [0.29, 0.717) is 67.8 Å². The van der Waals surface area contributed by atoms with Gasteiger partial charge in [-0.05, 0) is 61.1 Å². The van der Waals surface area contributed by atoms with E-state index in [9.17, 15) is 22.8 Å². The maximum Gasteiger partial charge on any atom is 0.416 e. The summed E-state index contributed by atoms with van der Waals surface area (Å²) in [6, 6.07) is 6.68. The molecule has 8 heteroatoms. The molecule has 3 unspecified atom stereocenters. The van der Waals surface area contributed by atoms with Crippen LogP contribution in [0.5, 0.6) is 0 Å². The quantitative estimate of drug-likeness (QED) is 0.607. The van der Waals surface area contributed by atoms with E-state index < -0.39 is 11.7 Å². The number of likely N-dealkylation sites (tertiary alicyclic amines) is 1. The van der Waals surface area contributed by atoms with Gasteiger partial charge >= 0.3 is 6.18 Å². The zero-order chi connectivity index (χ0) is 25.1. The Morgan fingerprint density at radius 2 is 1.71 bits per heavy atom. The van der Waals surface area contributed by atoms with Crippen molar-refractivity contribution in [1.82, 2.24) is 14.7 Å². The van der Waals surface area contributed by atoms with Crippen LogP contribution in [0.3, 0.4) is 0 Å². The first-order chi connectivity index (χ1) is 16.5. The molecule has 1 saturated carbocycles. The largest absolute Gasteiger partial charge is 0.416 e. The molecule has 0 aromatic heterocycles. The first kappa shape index (κ1) is 24.6. The van der Waals surface area contributed by atoms with Gasteiger partial charge < -0.3 is 9.80 Å². The molecule has 1 aromatic rings. The number of rotatable bonds is 5. The predicted octanol–water partition coefficient (Wildman–Crippen LogP) is 4.55. The van der Waals surface area contributed by atoms with Gasteiger partial charge in [-0.15, -0.1) is 0 Å². The number of carbonyl (C=O) groups excluding carboxylic acids is 2. The number of hydrogen-bond acceptors (Lipinski definition) is 3. The molecule has 4 aliphatic rings. The average molecular weight is 492 g/mol. The van der Waals surface area contributed by atoms with Crippen molar-refractivity contribution in [2.75, 3.05) is 13.1 Å². The summed E-state index contributed by atoms with van der Waals surface area (Å²) < 4.78 is 39.2. The first-order valence-electron chi connectivity index (χ1n) is 13.0. The standard InChI is InChI=1S/C27H36F3N3O2/c1-16(2)24-12-20-11-22(10-19-6-9-25(35)33(24)26(19)20)32(23-14-31(15-23)17(3)34)13-18-4-7-21(8-5-18)27(28,29)30/h4-5,7-8,16,19-20,22-24,26H,6,9-15H2,1-3H3/t19-,20?,22?,24?,26-/m1/s1. The van der Waals surface area contributed by atoms with Gasteiger partial charge in [-0.3, -0.25) is 14.5 Å². The molecule has 192 valence electrons. The van der Waals surface area contributed by atoms with Crippen molar-refractivity contribution in [3.8, 4) is 0 Å². The lowest BCUT2D eigenvalue weighted by Gasteiger charge is -2.53. The predicted molar refractivity (Wildman–Crippen MR) is 126 cm³/mol. The summed E-state index contributed by atoms with van der Waals surface area (Å²) in [4.78, 5) is 31.2. The molecular formula is C27H36F3N3O2. The van der Waals surface area contributed by atoms with E-state index in [1.807, 2.05) is 4.90 Å². The summed E-state index contributed by atoms with van der Waals surface area (Å²) in [6.07, 6.45) is 0.254. The van der Waals surface area contributed by atoms with E-state index in [1.165, 1.54) is 12.1 Å². The van der Waals surface area contributed by atoms with Gasteiger partial charge in [0.15, 0.2) is 0 Å². The number of piperidine rings is 1. The van der Waals surface area contributed by atoms with E-state index in [0.717, 1.165) is 31.2 Å². The highest BCUT2D eigenvalue weighted by Crippen LogP contribution is 2.50. The molecule has 1 aromatic carbocycles. The fourth-order valence-electron chi connectivity index (χ4n) is 7.22. The number of nitrogens with zero attached hydrogens (tertiary/aromatic N) is 3. The third kappa shape index (κ3) is 4.58. The Morgan fingerprint density at radius 1 is 1.06 bits per heavy atom. The molecule has 0 N–H and O–H groups in total. The molecule has 0 spiro atoms. The van der Waals surface area contributed by atoms with Crippen LogP contribution in [0.4, 0.5) is 13.2 Å². The van der Waals surface area contributed by atoms with Gasteiger partial charge in [0.25, 0.3) is 0 Å². The molecule has 5 nitrogen and oxygen atoms in total. The van der Waals surface area contributed by atoms with Crippen molar-refractivity contribution in [1.29, 1.82) is 0 Å². The summed E-state index contributed by atoms with van der Waals surface area (Å²) in [5, 5.41) is 0. The minimum Gasteiger partial charge on any atom is -0.340 e.